The van der Waals surface area contributed by atoms with E-state index >= 15 is 0 Å². The number of hydrogen-bond acceptors (Lipinski definition) is 5. The lowest BCUT2D eigenvalue weighted by Gasteiger charge is -2.28. The molecule has 0 unspecified atom stereocenters. The maximum absolute atomic E-state index is 10.3. The van der Waals surface area contributed by atoms with E-state index in [9.17, 15) is 5.11 Å². The molecule has 3 atom stereocenters. The van der Waals surface area contributed by atoms with Gasteiger partial charge in [0, 0.05) is 25.4 Å². The van der Waals surface area contributed by atoms with Gasteiger partial charge < -0.3 is 24.1 Å². The molecule has 28 heavy (non-hydrogen) atoms. The van der Waals surface area contributed by atoms with Crippen LogP contribution in [0.2, 0.25) is 0 Å². The molecule has 1 aromatic carbocycles. The summed E-state index contributed by atoms with van der Waals surface area (Å²) in [5, 5.41) is 10.3. The van der Waals surface area contributed by atoms with Crippen molar-refractivity contribution in [3.05, 3.63) is 65.3 Å². The van der Waals surface area contributed by atoms with Crippen LogP contribution >= 0.6 is 0 Å². The van der Waals surface area contributed by atoms with Gasteiger partial charge in [0.05, 0.1) is 6.61 Å². The number of aryl methyl sites for hydroxylation is 1. The third kappa shape index (κ3) is 5.11. The molecule has 1 aromatic rings. The van der Waals surface area contributed by atoms with E-state index < -0.39 is 18.2 Å². The van der Waals surface area contributed by atoms with Crippen molar-refractivity contribution in [2.24, 2.45) is 0 Å². The predicted molar refractivity (Wildman–Crippen MR) is 110 cm³/mol. The summed E-state index contributed by atoms with van der Waals surface area (Å²) in [6.45, 7) is 6.16. The lowest BCUT2D eigenvalue weighted by Crippen LogP contribution is -2.40. The average Bonchev–Trinajstić information content (AvgIpc) is 2.97. The monoisotopic (exact) mass is 388 g/mol. The number of phenols is 1. The fourth-order valence-corrected chi connectivity index (χ4v) is 3.32. The highest BCUT2D eigenvalue weighted by atomic mass is 16.8. The highest BCUT2D eigenvalue weighted by molar-refractivity contribution is 5.39. The number of hydrogen-bond donors (Lipinski definition) is 1. The van der Waals surface area contributed by atoms with Gasteiger partial charge in [-0.05, 0) is 31.9 Å². The maximum atomic E-state index is 10.3. The van der Waals surface area contributed by atoms with E-state index in [1.165, 1.54) is 0 Å². The summed E-state index contributed by atoms with van der Waals surface area (Å²) < 4.78 is 23.4. The van der Waals surface area contributed by atoms with Crippen LogP contribution < -0.4 is 0 Å². The molecule has 1 aliphatic heterocycles. The Bertz CT molecular complexity index is 722. The number of aromatic hydroxyl groups is 1. The van der Waals surface area contributed by atoms with Gasteiger partial charge in [0.2, 0.25) is 0 Å². The second-order valence-corrected chi connectivity index (χ2v) is 6.84. The Morgan fingerprint density at radius 1 is 1.21 bits per heavy atom. The molecule has 0 spiro atoms. The van der Waals surface area contributed by atoms with E-state index in [2.05, 4.69) is 6.92 Å². The second-order valence-electron chi connectivity index (χ2n) is 6.84. The van der Waals surface area contributed by atoms with E-state index in [1.54, 1.807) is 20.3 Å². The first-order valence-electron chi connectivity index (χ1n) is 9.67. The standard InChI is InChI=1S/C23H32O5/c1-6-8-9-10-14-18-21(23(3,26-5)28-22(18)25-4)27-16-19-17(12-7-2)13-11-15-20(19)24/h6,8-11,13-15,21-22,24H,7,12,16H2,1-5H3/b8-6+,10-9+,18-14+/t21-,22+,23-/m1/s1. The molecule has 0 bridgehead atoms. The molecule has 2 rings (SSSR count). The first-order chi connectivity index (χ1) is 13.5. The molecule has 1 saturated heterocycles. The summed E-state index contributed by atoms with van der Waals surface area (Å²) in [5.41, 5.74) is 2.72. The molecule has 1 heterocycles. The average molecular weight is 389 g/mol. The third-order valence-electron chi connectivity index (χ3n) is 4.88. The smallest absolute Gasteiger partial charge is 0.198 e. The van der Waals surface area contributed by atoms with Crippen LogP contribution in [0.3, 0.4) is 0 Å². The molecular formula is C23H32O5. The van der Waals surface area contributed by atoms with Crippen molar-refractivity contribution in [1.29, 1.82) is 0 Å². The zero-order valence-electron chi connectivity index (χ0n) is 17.5. The molecule has 0 radical (unpaired) electrons. The minimum atomic E-state index is -0.990. The van der Waals surface area contributed by atoms with Crippen LogP contribution in [0.1, 0.15) is 38.3 Å². The number of rotatable bonds is 9. The number of phenolic OH excluding ortho intramolecular Hbond substituents is 1. The van der Waals surface area contributed by atoms with Crippen molar-refractivity contribution in [3.63, 3.8) is 0 Å². The van der Waals surface area contributed by atoms with E-state index in [0.29, 0.717) is 0 Å². The molecule has 5 heteroatoms. The molecule has 0 amide bonds. The number of allylic oxidation sites excluding steroid dienone is 5. The number of benzene rings is 1. The molecule has 0 aromatic heterocycles. The third-order valence-corrected chi connectivity index (χ3v) is 4.88. The van der Waals surface area contributed by atoms with Crippen molar-refractivity contribution < 1.29 is 24.1 Å². The zero-order chi connectivity index (χ0) is 20.6. The minimum absolute atomic E-state index is 0.241. The highest BCUT2D eigenvalue weighted by Gasteiger charge is 2.50. The van der Waals surface area contributed by atoms with Crippen molar-refractivity contribution in [1.82, 2.24) is 0 Å². The summed E-state index contributed by atoms with van der Waals surface area (Å²) in [6, 6.07) is 5.57. The van der Waals surface area contributed by atoms with Gasteiger partial charge in [0.1, 0.15) is 11.9 Å². The van der Waals surface area contributed by atoms with Gasteiger partial charge in [-0.25, -0.2) is 0 Å². The van der Waals surface area contributed by atoms with Gasteiger partial charge in [-0.15, -0.1) is 0 Å². The van der Waals surface area contributed by atoms with Crippen molar-refractivity contribution >= 4 is 0 Å². The van der Waals surface area contributed by atoms with Crippen molar-refractivity contribution in [2.75, 3.05) is 14.2 Å². The van der Waals surface area contributed by atoms with Crippen LogP contribution in [-0.2, 0) is 32.0 Å². The molecule has 1 N–H and O–H groups in total. The quantitative estimate of drug-likeness (QED) is 0.624. The van der Waals surface area contributed by atoms with Gasteiger partial charge in [0.25, 0.3) is 0 Å². The molecule has 154 valence electrons. The Kier molecular flexibility index (Phi) is 8.45. The molecular weight excluding hydrogens is 356 g/mol. The Morgan fingerprint density at radius 3 is 2.64 bits per heavy atom. The van der Waals surface area contributed by atoms with E-state index in [4.69, 9.17) is 18.9 Å². The van der Waals surface area contributed by atoms with Crippen LogP contribution in [0.15, 0.2) is 54.2 Å². The van der Waals surface area contributed by atoms with Gasteiger partial charge >= 0.3 is 0 Å². The fourth-order valence-electron chi connectivity index (χ4n) is 3.32. The van der Waals surface area contributed by atoms with E-state index in [1.807, 2.05) is 56.4 Å². The maximum Gasteiger partial charge on any atom is 0.198 e. The van der Waals surface area contributed by atoms with Crippen LogP contribution in [0.4, 0.5) is 0 Å². The molecule has 1 aliphatic rings. The first kappa shape index (κ1) is 22.4. The van der Waals surface area contributed by atoms with Crippen LogP contribution in [0, 0.1) is 0 Å². The van der Waals surface area contributed by atoms with E-state index in [0.717, 1.165) is 29.5 Å². The Labute approximate surface area is 168 Å². The largest absolute Gasteiger partial charge is 0.508 e. The Balaban J connectivity index is 2.31. The SMILES string of the molecule is C/C=C/C=C/C=C1/[C@@H](OC)O[C@@](C)(OC)[C@@H]1OCc1c(O)cccc1CCC. The number of ether oxygens (including phenoxy) is 4. The minimum Gasteiger partial charge on any atom is -0.508 e. The fraction of sp³-hybridized carbons (Fsp3) is 0.478. The van der Waals surface area contributed by atoms with Crippen molar-refractivity contribution in [2.45, 2.75) is 58.4 Å². The van der Waals surface area contributed by atoms with Crippen LogP contribution in [-0.4, -0.2) is 37.5 Å². The lowest BCUT2D eigenvalue weighted by atomic mass is 10.0. The van der Waals surface area contributed by atoms with Gasteiger partial charge in [-0.3, -0.25) is 0 Å². The second kappa shape index (κ2) is 10.6. The molecule has 5 nitrogen and oxygen atoms in total. The normalized spacial score (nSPS) is 26.8. The zero-order valence-corrected chi connectivity index (χ0v) is 17.5. The summed E-state index contributed by atoms with van der Waals surface area (Å²) in [7, 11) is 3.18. The Hall–Kier alpha value is -1.92. The van der Waals surface area contributed by atoms with Gasteiger partial charge in [0.15, 0.2) is 12.1 Å². The van der Waals surface area contributed by atoms with Crippen LogP contribution in [0.5, 0.6) is 5.75 Å². The summed E-state index contributed by atoms with van der Waals surface area (Å²) >= 11 is 0. The number of methoxy groups -OCH3 is 2. The summed E-state index contributed by atoms with van der Waals surface area (Å²) in [6.07, 6.45) is 10.5. The lowest BCUT2D eigenvalue weighted by molar-refractivity contribution is -0.271. The van der Waals surface area contributed by atoms with Gasteiger partial charge in [-0.2, -0.15) is 0 Å². The Morgan fingerprint density at radius 2 is 2.00 bits per heavy atom. The predicted octanol–water partition coefficient (Wildman–Crippen LogP) is 4.65. The van der Waals surface area contributed by atoms with E-state index in [-0.39, 0.29) is 12.4 Å². The summed E-state index contributed by atoms with van der Waals surface area (Å²) in [5.74, 6) is -0.748. The molecule has 1 fully saturated rings. The topological polar surface area (TPSA) is 57.2 Å². The van der Waals surface area contributed by atoms with Crippen LogP contribution in [0.25, 0.3) is 0 Å². The molecule has 0 saturated carbocycles. The van der Waals surface area contributed by atoms with Crippen molar-refractivity contribution in [3.8, 4) is 5.75 Å². The highest BCUT2D eigenvalue weighted by Crippen LogP contribution is 2.39. The summed E-state index contributed by atoms with van der Waals surface area (Å²) in [4.78, 5) is 0. The van der Waals surface area contributed by atoms with Gasteiger partial charge in [-0.1, -0.05) is 55.9 Å². The molecule has 0 aliphatic carbocycles. The first-order valence-corrected chi connectivity index (χ1v) is 9.67.